The van der Waals surface area contributed by atoms with Crippen molar-refractivity contribution in [3.05, 3.63) is 35.9 Å². The van der Waals surface area contributed by atoms with Gasteiger partial charge in [-0.15, -0.1) is 0 Å². The molecule has 1 rings (SSSR count). The van der Waals surface area contributed by atoms with Crippen LogP contribution in [0.2, 0.25) is 0 Å². The Kier molecular flexibility index (Phi) is 2.24. The molecule has 58 valence electrons. The Hall–Kier alpha value is -0.900. The molecule has 0 heterocycles. The second-order valence-corrected chi connectivity index (χ2v) is 2.13. The molecule has 0 aliphatic heterocycles. The summed E-state index contributed by atoms with van der Waals surface area (Å²) in [5, 5.41) is 21.8. The first-order chi connectivity index (χ1) is 5.17. The minimum absolute atomic E-state index is 0.0995. The van der Waals surface area contributed by atoms with Crippen LogP contribution in [0.5, 0.6) is 0 Å². The maximum atomic E-state index is 10.9. The minimum atomic E-state index is -2.67. The molecule has 0 fully saturated rings. The molecule has 0 atom stereocenters. The molecule has 0 aliphatic rings. The van der Waals surface area contributed by atoms with E-state index in [0.717, 1.165) is 7.11 Å². The third kappa shape index (κ3) is 1.77. The Morgan fingerprint density at radius 1 is 1.18 bits per heavy atom. The third-order valence-electron chi connectivity index (χ3n) is 1.40. The predicted molar refractivity (Wildman–Crippen MR) is 36.5 cm³/mol. The standard InChI is InChI=1S/C8H8O3/c1-11-8(9,10)7-5-3-2-4-6-7/h2-6H,1H3. The number of benzene rings is 1. The number of ether oxygens (including phenoxy) is 1. The van der Waals surface area contributed by atoms with E-state index in [0.29, 0.717) is 0 Å². The van der Waals surface area contributed by atoms with E-state index in [1.54, 1.807) is 18.2 Å². The zero-order chi connectivity index (χ0) is 8.32. The molecule has 0 aromatic heterocycles. The Balaban J connectivity index is 2.93. The average Bonchev–Trinajstić information content (AvgIpc) is 2.06. The van der Waals surface area contributed by atoms with Gasteiger partial charge in [0.2, 0.25) is 0 Å². The monoisotopic (exact) mass is 152 g/mol. The molecule has 0 saturated heterocycles. The van der Waals surface area contributed by atoms with Gasteiger partial charge >= 0.3 is 5.97 Å². The van der Waals surface area contributed by atoms with E-state index in [1.165, 1.54) is 12.1 Å². The van der Waals surface area contributed by atoms with Crippen LogP contribution in [-0.2, 0) is 20.9 Å². The Labute approximate surface area is 64.9 Å². The molecule has 0 N–H and O–H groups in total. The molecule has 0 unspecified atom stereocenters. The first-order valence-electron chi connectivity index (χ1n) is 3.18. The van der Waals surface area contributed by atoms with Crippen LogP contribution in [0.4, 0.5) is 0 Å². The molecule has 1 aromatic rings. The summed E-state index contributed by atoms with van der Waals surface area (Å²) in [5.74, 6) is -2.67. The lowest BCUT2D eigenvalue weighted by molar-refractivity contribution is -0.400. The SMILES string of the molecule is COC([O])([O])c1ccccc1. The van der Waals surface area contributed by atoms with Crippen LogP contribution in [0.25, 0.3) is 0 Å². The van der Waals surface area contributed by atoms with Gasteiger partial charge in [-0.1, -0.05) is 30.3 Å². The van der Waals surface area contributed by atoms with E-state index in [4.69, 9.17) is 0 Å². The van der Waals surface area contributed by atoms with Crippen LogP contribution in [0.1, 0.15) is 5.56 Å². The molecule has 3 nitrogen and oxygen atoms in total. The van der Waals surface area contributed by atoms with Gasteiger partial charge in [-0.25, -0.2) is 0 Å². The van der Waals surface area contributed by atoms with Gasteiger partial charge in [-0.05, 0) is 0 Å². The van der Waals surface area contributed by atoms with Crippen LogP contribution in [0.3, 0.4) is 0 Å². The molecule has 11 heavy (non-hydrogen) atoms. The van der Waals surface area contributed by atoms with Crippen molar-refractivity contribution in [3.63, 3.8) is 0 Å². The smallest absolute Gasteiger partial charge is 0.323 e. The van der Waals surface area contributed by atoms with E-state index in [-0.39, 0.29) is 5.56 Å². The fraction of sp³-hybridized carbons (Fsp3) is 0.250. The van der Waals surface area contributed by atoms with Crippen LogP contribution in [0.15, 0.2) is 30.3 Å². The summed E-state index contributed by atoms with van der Waals surface area (Å²) in [4.78, 5) is 0. The second-order valence-electron chi connectivity index (χ2n) is 2.13. The highest BCUT2D eigenvalue weighted by atomic mass is 16.8. The molecule has 0 aliphatic carbocycles. The van der Waals surface area contributed by atoms with E-state index < -0.39 is 5.97 Å². The van der Waals surface area contributed by atoms with Gasteiger partial charge in [0.15, 0.2) is 0 Å². The minimum Gasteiger partial charge on any atom is -0.323 e. The number of methoxy groups -OCH3 is 1. The van der Waals surface area contributed by atoms with E-state index in [1.807, 2.05) is 0 Å². The maximum Gasteiger partial charge on any atom is 0.367 e. The van der Waals surface area contributed by atoms with Gasteiger partial charge in [-0.2, -0.15) is 10.2 Å². The lowest BCUT2D eigenvalue weighted by Crippen LogP contribution is -2.23. The Morgan fingerprint density at radius 2 is 1.73 bits per heavy atom. The molecular weight excluding hydrogens is 144 g/mol. The summed E-state index contributed by atoms with van der Waals surface area (Å²) in [6.07, 6.45) is 0. The van der Waals surface area contributed by atoms with E-state index >= 15 is 0 Å². The van der Waals surface area contributed by atoms with Crippen LogP contribution in [0, 0.1) is 0 Å². The van der Waals surface area contributed by atoms with Crippen molar-refractivity contribution < 1.29 is 14.9 Å². The predicted octanol–water partition coefficient (Wildman–Crippen LogP) is 1.30. The van der Waals surface area contributed by atoms with Crippen molar-refractivity contribution in [3.8, 4) is 0 Å². The highest BCUT2D eigenvalue weighted by molar-refractivity contribution is 5.17. The zero-order valence-corrected chi connectivity index (χ0v) is 6.11. The summed E-state index contributed by atoms with van der Waals surface area (Å²) < 4.78 is 4.21. The van der Waals surface area contributed by atoms with Crippen LogP contribution in [-0.4, -0.2) is 7.11 Å². The van der Waals surface area contributed by atoms with Crippen LogP contribution >= 0.6 is 0 Å². The fourth-order valence-electron chi connectivity index (χ4n) is 0.760. The van der Waals surface area contributed by atoms with Gasteiger partial charge in [0, 0.05) is 12.7 Å². The maximum absolute atomic E-state index is 10.9. The summed E-state index contributed by atoms with van der Waals surface area (Å²) in [6.45, 7) is 0. The van der Waals surface area contributed by atoms with Gasteiger partial charge in [0.1, 0.15) is 0 Å². The van der Waals surface area contributed by atoms with E-state index in [9.17, 15) is 10.2 Å². The summed E-state index contributed by atoms with van der Waals surface area (Å²) in [5.41, 5.74) is 0.0995. The van der Waals surface area contributed by atoms with Crippen molar-refractivity contribution in [2.24, 2.45) is 0 Å². The lowest BCUT2D eigenvalue weighted by Gasteiger charge is -2.13. The van der Waals surface area contributed by atoms with Gasteiger partial charge in [0.25, 0.3) is 0 Å². The largest absolute Gasteiger partial charge is 0.367 e. The second kappa shape index (κ2) is 3.00. The van der Waals surface area contributed by atoms with Crippen molar-refractivity contribution in [1.29, 1.82) is 0 Å². The summed E-state index contributed by atoms with van der Waals surface area (Å²) >= 11 is 0. The first kappa shape index (κ1) is 8.20. The van der Waals surface area contributed by atoms with Crippen molar-refractivity contribution in [2.45, 2.75) is 5.97 Å². The summed E-state index contributed by atoms with van der Waals surface area (Å²) in [7, 11) is 1.10. The molecule has 0 amide bonds. The molecule has 0 spiro atoms. The van der Waals surface area contributed by atoms with Gasteiger partial charge < -0.3 is 4.74 Å². The molecule has 3 heteroatoms. The Bertz CT molecular complexity index is 218. The van der Waals surface area contributed by atoms with Crippen molar-refractivity contribution in [1.82, 2.24) is 0 Å². The highest BCUT2D eigenvalue weighted by Crippen LogP contribution is 2.18. The highest BCUT2D eigenvalue weighted by Gasteiger charge is 2.29. The van der Waals surface area contributed by atoms with E-state index in [2.05, 4.69) is 4.74 Å². The van der Waals surface area contributed by atoms with Crippen LogP contribution < -0.4 is 0 Å². The fourth-order valence-corrected chi connectivity index (χ4v) is 0.760. The average molecular weight is 152 g/mol. The topological polar surface area (TPSA) is 49.0 Å². The number of rotatable bonds is 2. The zero-order valence-electron chi connectivity index (χ0n) is 6.11. The summed E-state index contributed by atoms with van der Waals surface area (Å²) in [6, 6.07) is 7.88. The normalized spacial score (nSPS) is 11.5. The molecule has 0 saturated carbocycles. The number of hydrogen-bond acceptors (Lipinski definition) is 1. The van der Waals surface area contributed by atoms with Gasteiger partial charge in [-0.3, -0.25) is 0 Å². The first-order valence-corrected chi connectivity index (χ1v) is 3.18. The van der Waals surface area contributed by atoms with Gasteiger partial charge in [0.05, 0.1) is 0 Å². The quantitative estimate of drug-likeness (QED) is 0.589. The molecule has 2 radical (unpaired) electrons. The number of hydrogen-bond donors (Lipinski definition) is 0. The van der Waals surface area contributed by atoms with Crippen molar-refractivity contribution in [2.75, 3.05) is 7.11 Å². The molecule has 1 aromatic carbocycles. The third-order valence-corrected chi connectivity index (χ3v) is 1.40. The Morgan fingerprint density at radius 3 is 2.18 bits per heavy atom. The molecule has 0 bridgehead atoms. The van der Waals surface area contributed by atoms with Crippen molar-refractivity contribution >= 4 is 0 Å². The lowest BCUT2D eigenvalue weighted by atomic mass is 10.2. The molecular formula is C8H8O3.